The van der Waals surface area contributed by atoms with Crippen LogP contribution in [0.5, 0.6) is 0 Å². The van der Waals surface area contributed by atoms with Crippen LogP contribution in [0.1, 0.15) is 25.0 Å². The summed E-state index contributed by atoms with van der Waals surface area (Å²) < 4.78 is 54.0. The summed E-state index contributed by atoms with van der Waals surface area (Å²) in [6.07, 6.45) is 4.96. The molecule has 1 fully saturated rings. The summed E-state index contributed by atoms with van der Waals surface area (Å²) in [5.74, 6) is -1.48. The van der Waals surface area contributed by atoms with Gasteiger partial charge in [0.1, 0.15) is 5.69 Å². The fourth-order valence-electron chi connectivity index (χ4n) is 3.28. The van der Waals surface area contributed by atoms with E-state index in [2.05, 4.69) is 15.1 Å². The molecule has 1 aliphatic rings. The summed E-state index contributed by atoms with van der Waals surface area (Å²) in [4.78, 5) is 14.2. The molecule has 0 saturated carbocycles. The van der Waals surface area contributed by atoms with Crippen LogP contribution in [0.25, 0.3) is 5.69 Å². The van der Waals surface area contributed by atoms with E-state index < -0.39 is 21.7 Å². The number of aromatic nitrogens is 2. The van der Waals surface area contributed by atoms with Crippen LogP contribution in [0.15, 0.2) is 30.5 Å². The van der Waals surface area contributed by atoms with Crippen LogP contribution in [0.2, 0.25) is 0 Å². The number of amides is 2. The van der Waals surface area contributed by atoms with Crippen molar-refractivity contribution in [2.24, 2.45) is 0 Å². The fourth-order valence-corrected chi connectivity index (χ4v) is 3.78. The first-order valence-corrected chi connectivity index (χ1v) is 11.1. The maximum atomic E-state index is 13.9. The summed E-state index contributed by atoms with van der Waals surface area (Å²) in [5, 5.41) is 6.85. The first-order valence-electron chi connectivity index (χ1n) is 9.22. The van der Waals surface area contributed by atoms with E-state index in [4.69, 9.17) is 0 Å². The Bertz CT molecular complexity index is 959. The van der Waals surface area contributed by atoms with Crippen molar-refractivity contribution in [3.63, 3.8) is 0 Å². The molecule has 2 aromatic rings. The van der Waals surface area contributed by atoms with Crippen LogP contribution in [0.3, 0.4) is 0 Å². The first kappa shape index (κ1) is 21.2. The molecule has 8 nitrogen and oxygen atoms in total. The molecule has 1 saturated heterocycles. The van der Waals surface area contributed by atoms with Crippen molar-refractivity contribution in [1.82, 2.24) is 24.7 Å². The van der Waals surface area contributed by atoms with Gasteiger partial charge in [0.05, 0.1) is 18.5 Å². The minimum Gasteiger partial charge on any atom is -0.332 e. The number of carbonyl (C=O) groups is 1. The van der Waals surface area contributed by atoms with Gasteiger partial charge in [0.2, 0.25) is 10.0 Å². The summed E-state index contributed by atoms with van der Waals surface area (Å²) in [5.41, 5.74) is 0.150. The number of benzene rings is 1. The molecule has 1 aromatic heterocycles. The second kappa shape index (κ2) is 8.87. The number of nitrogens with zero attached hydrogens (tertiary/aromatic N) is 3. The second-order valence-electron chi connectivity index (χ2n) is 6.94. The predicted molar refractivity (Wildman–Crippen MR) is 103 cm³/mol. The Kier molecular flexibility index (Phi) is 6.48. The van der Waals surface area contributed by atoms with Crippen molar-refractivity contribution in [2.75, 3.05) is 19.3 Å². The van der Waals surface area contributed by atoms with Crippen LogP contribution in [-0.4, -0.2) is 54.5 Å². The Hall–Kier alpha value is -2.53. The zero-order valence-electron chi connectivity index (χ0n) is 15.9. The van der Waals surface area contributed by atoms with Crippen LogP contribution >= 0.6 is 0 Å². The molecular weight excluding hydrogens is 404 g/mol. The standard InChI is InChI=1S/C18H23F2N5O3S/c1-29(27,28)22-12-14-5-2-3-9-24(14)18(26)21-11-13-8-10-25(23-13)17-15(19)6-4-7-16(17)20/h4,6-8,10,14,22H,2-3,5,9,11-12H2,1H3,(H,21,26). The molecular formula is C18H23F2N5O3S. The SMILES string of the molecule is CS(=O)(=O)NCC1CCCCN1C(=O)NCc1ccn(-c2c(F)cccc2F)n1. The van der Waals surface area contributed by atoms with Gasteiger partial charge in [-0.3, -0.25) is 0 Å². The average Bonchev–Trinajstić information content (AvgIpc) is 3.12. The maximum absolute atomic E-state index is 13.9. The lowest BCUT2D eigenvalue weighted by atomic mass is 10.0. The molecule has 2 amide bonds. The highest BCUT2D eigenvalue weighted by Crippen LogP contribution is 2.18. The van der Waals surface area contributed by atoms with Gasteiger partial charge in [0.25, 0.3) is 0 Å². The smallest absolute Gasteiger partial charge is 0.318 e. The summed E-state index contributed by atoms with van der Waals surface area (Å²) >= 11 is 0. The quantitative estimate of drug-likeness (QED) is 0.734. The molecule has 29 heavy (non-hydrogen) atoms. The highest BCUT2D eigenvalue weighted by molar-refractivity contribution is 7.88. The van der Waals surface area contributed by atoms with Crippen molar-refractivity contribution in [1.29, 1.82) is 0 Å². The van der Waals surface area contributed by atoms with E-state index in [-0.39, 0.29) is 30.8 Å². The van der Waals surface area contributed by atoms with Gasteiger partial charge < -0.3 is 10.2 Å². The Morgan fingerprint density at radius 1 is 1.24 bits per heavy atom. The highest BCUT2D eigenvalue weighted by atomic mass is 32.2. The number of likely N-dealkylation sites (tertiary alicyclic amines) is 1. The monoisotopic (exact) mass is 427 g/mol. The van der Waals surface area contributed by atoms with Crippen LogP contribution < -0.4 is 10.0 Å². The Morgan fingerprint density at radius 3 is 2.66 bits per heavy atom. The van der Waals surface area contributed by atoms with Gasteiger partial charge in [-0.25, -0.2) is 31.4 Å². The molecule has 158 valence electrons. The van der Waals surface area contributed by atoms with E-state index in [1.165, 1.54) is 12.3 Å². The fraction of sp³-hybridized carbons (Fsp3) is 0.444. The molecule has 1 aromatic carbocycles. The summed E-state index contributed by atoms with van der Waals surface area (Å²) in [6.45, 7) is 0.759. The second-order valence-corrected chi connectivity index (χ2v) is 8.78. The Morgan fingerprint density at radius 2 is 1.97 bits per heavy atom. The number of piperidine rings is 1. The van der Waals surface area contributed by atoms with Crippen molar-refractivity contribution in [3.8, 4) is 5.69 Å². The number of halogens is 2. The number of urea groups is 1. The largest absolute Gasteiger partial charge is 0.332 e. The van der Waals surface area contributed by atoms with Gasteiger partial charge in [0, 0.05) is 25.3 Å². The molecule has 0 bridgehead atoms. The maximum Gasteiger partial charge on any atom is 0.318 e. The molecule has 3 rings (SSSR count). The van der Waals surface area contributed by atoms with Gasteiger partial charge in [-0.15, -0.1) is 0 Å². The average molecular weight is 427 g/mol. The third-order valence-electron chi connectivity index (χ3n) is 4.70. The van der Waals surface area contributed by atoms with Crippen molar-refractivity contribution < 1.29 is 22.0 Å². The topological polar surface area (TPSA) is 96.3 Å². The number of rotatable bonds is 6. The summed E-state index contributed by atoms with van der Waals surface area (Å²) in [7, 11) is -3.34. The van der Waals surface area contributed by atoms with Gasteiger partial charge in [-0.05, 0) is 37.5 Å². The van der Waals surface area contributed by atoms with E-state index in [0.29, 0.717) is 18.7 Å². The molecule has 2 heterocycles. The molecule has 0 aliphatic carbocycles. The molecule has 1 atom stereocenters. The van der Waals surface area contributed by atoms with E-state index in [0.717, 1.165) is 35.9 Å². The Labute approximate surface area is 167 Å². The van der Waals surface area contributed by atoms with Crippen LogP contribution in [0, 0.1) is 11.6 Å². The Balaban J connectivity index is 1.62. The van der Waals surface area contributed by atoms with Gasteiger partial charge in [0.15, 0.2) is 11.6 Å². The summed E-state index contributed by atoms with van der Waals surface area (Å²) in [6, 6.07) is 4.54. The predicted octanol–water partition coefficient (Wildman–Crippen LogP) is 1.76. The highest BCUT2D eigenvalue weighted by Gasteiger charge is 2.27. The lowest BCUT2D eigenvalue weighted by molar-refractivity contribution is 0.151. The third kappa shape index (κ3) is 5.51. The van der Waals surface area contributed by atoms with Crippen molar-refractivity contribution in [3.05, 3.63) is 47.8 Å². The molecule has 0 spiro atoms. The van der Waals surface area contributed by atoms with E-state index >= 15 is 0 Å². The van der Waals surface area contributed by atoms with Crippen molar-refractivity contribution in [2.45, 2.75) is 31.8 Å². The van der Waals surface area contributed by atoms with E-state index in [9.17, 15) is 22.0 Å². The van der Waals surface area contributed by atoms with Crippen LogP contribution in [0.4, 0.5) is 13.6 Å². The third-order valence-corrected chi connectivity index (χ3v) is 5.39. The number of hydrogen-bond donors (Lipinski definition) is 2. The van der Waals surface area contributed by atoms with Crippen molar-refractivity contribution >= 4 is 16.1 Å². The number of hydrogen-bond acceptors (Lipinski definition) is 4. The normalized spacial score (nSPS) is 17.3. The first-order chi connectivity index (χ1) is 13.7. The van der Waals surface area contributed by atoms with E-state index in [1.807, 2.05) is 0 Å². The lowest BCUT2D eigenvalue weighted by Gasteiger charge is -2.35. The molecule has 1 unspecified atom stereocenters. The van der Waals surface area contributed by atoms with Gasteiger partial charge >= 0.3 is 6.03 Å². The minimum absolute atomic E-state index is 0.0740. The number of para-hydroxylation sites is 1. The zero-order chi connectivity index (χ0) is 21.0. The molecule has 1 aliphatic heterocycles. The lowest BCUT2D eigenvalue weighted by Crippen LogP contribution is -2.52. The van der Waals surface area contributed by atoms with Crippen LogP contribution in [-0.2, 0) is 16.6 Å². The number of nitrogens with one attached hydrogen (secondary N) is 2. The molecule has 11 heteroatoms. The van der Waals surface area contributed by atoms with Gasteiger partial charge in [-0.1, -0.05) is 6.07 Å². The van der Waals surface area contributed by atoms with Gasteiger partial charge in [-0.2, -0.15) is 5.10 Å². The zero-order valence-corrected chi connectivity index (χ0v) is 16.8. The molecule has 2 N–H and O–H groups in total. The molecule has 0 radical (unpaired) electrons. The number of carbonyl (C=O) groups excluding carboxylic acids is 1. The number of sulfonamides is 1. The van der Waals surface area contributed by atoms with E-state index in [1.54, 1.807) is 11.0 Å². The minimum atomic E-state index is -3.34.